The van der Waals surface area contributed by atoms with E-state index in [1.807, 2.05) is 36.4 Å². The molecule has 0 fully saturated rings. The molecule has 0 amide bonds. The Kier molecular flexibility index (Phi) is 3.49. The molecule has 82 valence electrons. The number of hydrogen-bond donors (Lipinski definition) is 1. The molecular weight excluding hydrogens is 222 g/mol. The zero-order chi connectivity index (χ0) is 11.4. The largest absolute Gasteiger partial charge is 0.329 e. The zero-order valence-electron chi connectivity index (χ0n) is 8.68. The van der Waals surface area contributed by atoms with Gasteiger partial charge in [-0.15, -0.1) is 0 Å². The third-order valence-corrected chi connectivity index (χ3v) is 2.71. The van der Waals surface area contributed by atoms with Crippen LogP contribution in [0.4, 0.5) is 0 Å². The van der Waals surface area contributed by atoms with Gasteiger partial charge in [0.1, 0.15) is 0 Å². The first-order chi connectivity index (χ1) is 7.81. The second kappa shape index (κ2) is 5.05. The van der Waals surface area contributed by atoms with Gasteiger partial charge in [-0.25, -0.2) is 0 Å². The lowest BCUT2D eigenvalue weighted by molar-refractivity contribution is 0.760. The van der Waals surface area contributed by atoms with E-state index in [9.17, 15) is 0 Å². The molecule has 16 heavy (non-hydrogen) atoms. The highest BCUT2D eigenvalue weighted by Gasteiger charge is 2.13. The van der Waals surface area contributed by atoms with Crippen LogP contribution in [0.2, 0.25) is 5.02 Å². The molecule has 0 aliphatic carbocycles. The molecule has 1 aromatic carbocycles. The van der Waals surface area contributed by atoms with Crippen LogP contribution in [0, 0.1) is 0 Å². The SMILES string of the molecule is NCC(c1ccc(Cl)cc1)c1cccnn1. The molecule has 0 radical (unpaired) electrons. The first kappa shape index (κ1) is 11.0. The highest BCUT2D eigenvalue weighted by atomic mass is 35.5. The molecule has 2 rings (SSSR count). The number of nitrogens with zero attached hydrogens (tertiary/aromatic N) is 2. The highest BCUT2D eigenvalue weighted by Crippen LogP contribution is 2.22. The molecule has 0 spiro atoms. The van der Waals surface area contributed by atoms with E-state index in [1.165, 1.54) is 0 Å². The minimum atomic E-state index is 0.0750. The summed E-state index contributed by atoms with van der Waals surface area (Å²) in [4.78, 5) is 0. The Bertz CT molecular complexity index is 442. The lowest BCUT2D eigenvalue weighted by atomic mass is 9.96. The van der Waals surface area contributed by atoms with Crippen LogP contribution in [0.1, 0.15) is 17.2 Å². The molecular formula is C12H12ClN3. The van der Waals surface area contributed by atoms with Crippen molar-refractivity contribution < 1.29 is 0 Å². The van der Waals surface area contributed by atoms with E-state index < -0.39 is 0 Å². The fourth-order valence-corrected chi connectivity index (χ4v) is 1.75. The van der Waals surface area contributed by atoms with Gasteiger partial charge in [0.2, 0.25) is 0 Å². The second-order valence-electron chi connectivity index (χ2n) is 3.49. The van der Waals surface area contributed by atoms with Crippen molar-refractivity contribution in [2.75, 3.05) is 6.54 Å². The standard InChI is InChI=1S/C12H12ClN3/c13-10-5-3-9(4-6-10)11(8-14)12-2-1-7-15-16-12/h1-7,11H,8,14H2. The van der Waals surface area contributed by atoms with Gasteiger partial charge in [0.15, 0.2) is 0 Å². The quantitative estimate of drug-likeness (QED) is 0.885. The molecule has 4 heteroatoms. The number of halogens is 1. The summed E-state index contributed by atoms with van der Waals surface area (Å²) < 4.78 is 0. The Morgan fingerprint density at radius 1 is 1.19 bits per heavy atom. The molecule has 0 saturated carbocycles. The van der Waals surface area contributed by atoms with Crippen LogP contribution in [0.5, 0.6) is 0 Å². The van der Waals surface area contributed by atoms with Crippen LogP contribution in [-0.2, 0) is 0 Å². The maximum absolute atomic E-state index is 5.85. The monoisotopic (exact) mass is 233 g/mol. The van der Waals surface area contributed by atoms with Crippen molar-refractivity contribution >= 4 is 11.6 Å². The van der Waals surface area contributed by atoms with Gasteiger partial charge in [-0.3, -0.25) is 0 Å². The number of benzene rings is 1. The van der Waals surface area contributed by atoms with Crippen molar-refractivity contribution in [3.63, 3.8) is 0 Å². The van der Waals surface area contributed by atoms with Crippen molar-refractivity contribution in [3.8, 4) is 0 Å². The van der Waals surface area contributed by atoms with Crippen LogP contribution < -0.4 is 5.73 Å². The predicted molar refractivity (Wildman–Crippen MR) is 64.4 cm³/mol. The van der Waals surface area contributed by atoms with Crippen molar-refractivity contribution in [1.29, 1.82) is 0 Å². The number of aromatic nitrogens is 2. The van der Waals surface area contributed by atoms with Crippen LogP contribution in [0.25, 0.3) is 0 Å². The molecule has 1 unspecified atom stereocenters. The Morgan fingerprint density at radius 3 is 2.50 bits per heavy atom. The van der Waals surface area contributed by atoms with Crippen LogP contribution >= 0.6 is 11.6 Å². The third-order valence-electron chi connectivity index (χ3n) is 2.46. The molecule has 3 nitrogen and oxygen atoms in total. The van der Waals surface area contributed by atoms with Gasteiger partial charge in [0.05, 0.1) is 5.69 Å². The van der Waals surface area contributed by atoms with Gasteiger partial charge in [-0.1, -0.05) is 23.7 Å². The first-order valence-electron chi connectivity index (χ1n) is 5.04. The molecule has 1 aromatic heterocycles. The molecule has 2 N–H and O–H groups in total. The summed E-state index contributed by atoms with van der Waals surface area (Å²) in [6.45, 7) is 0.500. The van der Waals surface area contributed by atoms with Crippen LogP contribution in [0.3, 0.4) is 0 Å². The lowest BCUT2D eigenvalue weighted by Crippen LogP contribution is -2.15. The Morgan fingerprint density at radius 2 is 1.94 bits per heavy atom. The van der Waals surface area contributed by atoms with Gasteiger partial charge in [0.25, 0.3) is 0 Å². The average molecular weight is 234 g/mol. The predicted octanol–water partition coefficient (Wildman–Crippen LogP) is 2.22. The fraction of sp³-hybridized carbons (Fsp3) is 0.167. The summed E-state index contributed by atoms with van der Waals surface area (Å²) in [7, 11) is 0. The summed E-state index contributed by atoms with van der Waals surface area (Å²) in [6, 6.07) is 11.4. The summed E-state index contributed by atoms with van der Waals surface area (Å²) in [5, 5.41) is 8.67. The Balaban J connectivity index is 2.33. The minimum Gasteiger partial charge on any atom is -0.329 e. The van der Waals surface area contributed by atoms with Gasteiger partial charge in [-0.2, -0.15) is 10.2 Å². The molecule has 0 aliphatic heterocycles. The molecule has 2 aromatic rings. The summed E-state index contributed by atoms with van der Waals surface area (Å²) >= 11 is 5.85. The van der Waals surface area contributed by atoms with E-state index in [1.54, 1.807) is 6.20 Å². The summed E-state index contributed by atoms with van der Waals surface area (Å²) in [5.41, 5.74) is 7.76. The van der Waals surface area contributed by atoms with Crippen molar-refractivity contribution in [3.05, 3.63) is 58.9 Å². The molecule has 0 aliphatic rings. The number of hydrogen-bond acceptors (Lipinski definition) is 3. The molecule has 0 bridgehead atoms. The minimum absolute atomic E-state index is 0.0750. The first-order valence-corrected chi connectivity index (χ1v) is 5.42. The fourth-order valence-electron chi connectivity index (χ4n) is 1.62. The van der Waals surface area contributed by atoms with Crippen LogP contribution in [-0.4, -0.2) is 16.7 Å². The molecule has 1 heterocycles. The average Bonchev–Trinajstić information content (AvgIpc) is 2.34. The highest BCUT2D eigenvalue weighted by molar-refractivity contribution is 6.30. The van der Waals surface area contributed by atoms with Gasteiger partial charge < -0.3 is 5.73 Å². The van der Waals surface area contributed by atoms with E-state index in [4.69, 9.17) is 17.3 Å². The number of nitrogens with two attached hydrogens (primary N) is 1. The van der Waals surface area contributed by atoms with E-state index in [2.05, 4.69) is 10.2 Å². The van der Waals surface area contributed by atoms with Gasteiger partial charge in [-0.05, 0) is 29.8 Å². The second-order valence-corrected chi connectivity index (χ2v) is 3.92. The third kappa shape index (κ3) is 2.38. The van der Waals surface area contributed by atoms with E-state index in [-0.39, 0.29) is 5.92 Å². The van der Waals surface area contributed by atoms with E-state index in [0.29, 0.717) is 6.54 Å². The van der Waals surface area contributed by atoms with Gasteiger partial charge in [0, 0.05) is 23.7 Å². The maximum atomic E-state index is 5.85. The zero-order valence-corrected chi connectivity index (χ0v) is 9.43. The normalized spacial score (nSPS) is 12.4. The summed E-state index contributed by atoms with van der Waals surface area (Å²) in [5.74, 6) is 0.0750. The summed E-state index contributed by atoms with van der Waals surface area (Å²) in [6.07, 6.45) is 1.65. The Labute approximate surface area is 99.3 Å². The smallest absolute Gasteiger partial charge is 0.0718 e. The van der Waals surface area contributed by atoms with Gasteiger partial charge >= 0.3 is 0 Å². The maximum Gasteiger partial charge on any atom is 0.0718 e. The van der Waals surface area contributed by atoms with Crippen molar-refractivity contribution in [1.82, 2.24) is 10.2 Å². The molecule has 1 atom stereocenters. The topological polar surface area (TPSA) is 51.8 Å². The lowest BCUT2D eigenvalue weighted by Gasteiger charge is -2.13. The Hall–Kier alpha value is -1.45. The number of rotatable bonds is 3. The van der Waals surface area contributed by atoms with Crippen LogP contribution in [0.15, 0.2) is 42.6 Å². The van der Waals surface area contributed by atoms with E-state index in [0.717, 1.165) is 16.3 Å². The van der Waals surface area contributed by atoms with Crippen molar-refractivity contribution in [2.24, 2.45) is 5.73 Å². The van der Waals surface area contributed by atoms with E-state index >= 15 is 0 Å². The van der Waals surface area contributed by atoms with Crippen molar-refractivity contribution in [2.45, 2.75) is 5.92 Å². The molecule has 0 saturated heterocycles.